The van der Waals surface area contributed by atoms with Gasteiger partial charge in [-0.3, -0.25) is 0 Å². The molecule has 172 valence electrons. The molecule has 0 aliphatic heterocycles. The maximum absolute atomic E-state index is 15.1. The number of methoxy groups -OCH3 is 2. The zero-order chi connectivity index (χ0) is 24.1. The van der Waals surface area contributed by atoms with E-state index < -0.39 is 49.0 Å². The van der Waals surface area contributed by atoms with E-state index in [0.717, 1.165) is 0 Å². The Labute approximate surface area is 192 Å². The molecule has 2 atom stereocenters. The number of halogens is 4. The summed E-state index contributed by atoms with van der Waals surface area (Å²) in [5, 5.41) is 16.1. The SMILES string of the molecule is COc1ccc(CN(C(F)SC(Cl)C=N)S(=O)(=O)c2cc(C#N)c(F)cc2F)c(OC)c1. The summed E-state index contributed by atoms with van der Waals surface area (Å²) in [6, 6.07) is 6.49. The van der Waals surface area contributed by atoms with Crippen LogP contribution >= 0.6 is 23.4 Å². The van der Waals surface area contributed by atoms with E-state index in [4.69, 9.17) is 31.7 Å². The van der Waals surface area contributed by atoms with Crippen molar-refractivity contribution >= 4 is 39.6 Å². The Balaban J connectivity index is 2.62. The zero-order valence-electron chi connectivity index (χ0n) is 16.7. The fraction of sp³-hybridized carbons (Fsp3) is 0.263. The van der Waals surface area contributed by atoms with Crippen LogP contribution in [0.2, 0.25) is 0 Å². The highest BCUT2D eigenvalue weighted by molar-refractivity contribution is 8.02. The summed E-state index contributed by atoms with van der Waals surface area (Å²) < 4.78 is 79.0. The van der Waals surface area contributed by atoms with Crippen LogP contribution in [0.4, 0.5) is 13.2 Å². The first-order chi connectivity index (χ1) is 15.1. The molecule has 7 nitrogen and oxygen atoms in total. The lowest BCUT2D eigenvalue weighted by Crippen LogP contribution is -2.37. The average molecular weight is 508 g/mol. The van der Waals surface area contributed by atoms with Gasteiger partial charge in [0.15, 0.2) is 0 Å². The molecule has 2 unspecified atom stereocenters. The summed E-state index contributed by atoms with van der Waals surface area (Å²) in [4.78, 5) is -1.09. The van der Waals surface area contributed by atoms with Gasteiger partial charge >= 0.3 is 0 Å². The van der Waals surface area contributed by atoms with E-state index in [0.29, 0.717) is 18.0 Å². The highest BCUT2D eigenvalue weighted by Gasteiger charge is 2.36. The molecule has 2 rings (SSSR count). The molecule has 0 heterocycles. The summed E-state index contributed by atoms with van der Waals surface area (Å²) in [6.07, 6.45) is 0.684. The first-order valence-corrected chi connectivity index (χ1v) is 11.5. The van der Waals surface area contributed by atoms with Gasteiger partial charge in [-0.1, -0.05) is 17.8 Å². The molecular weight excluding hydrogens is 491 g/mol. The van der Waals surface area contributed by atoms with Gasteiger partial charge in [0.25, 0.3) is 0 Å². The summed E-state index contributed by atoms with van der Waals surface area (Å²) in [5.74, 6) is -2.21. The predicted octanol–water partition coefficient (Wildman–Crippen LogP) is 4.25. The first-order valence-electron chi connectivity index (χ1n) is 8.65. The van der Waals surface area contributed by atoms with E-state index in [-0.39, 0.29) is 33.4 Å². The Morgan fingerprint density at radius 3 is 2.50 bits per heavy atom. The number of benzene rings is 2. The largest absolute Gasteiger partial charge is 0.497 e. The Kier molecular flexibility index (Phi) is 8.80. The van der Waals surface area contributed by atoms with Crippen molar-refractivity contribution in [3.8, 4) is 17.6 Å². The molecule has 0 aliphatic rings. The summed E-state index contributed by atoms with van der Waals surface area (Å²) in [7, 11) is -2.24. The second-order valence-corrected chi connectivity index (χ2v) is 9.81. The van der Waals surface area contributed by atoms with Crippen LogP contribution in [0.15, 0.2) is 35.2 Å². The topological polar surface area (TPSA) is 103 Å². The predicted molar refractivity (Wildman–Crippen MR) is 114 cm³/mol. The summed E-state index contributed by atoms with van der Waals surface area (Å²) >= 11 is 6.02. The quantitative estimate of drug-likeness (QED) is 0.223. The van der Waals surface area contributed by atoms with Crippen LogP contribution in [-0.4, -0.2) is 43.5 Å². The third-order valence-corrected chi connectivity index (χ3v) is 7.39. The average Bonchev–Trinajstić information content (AvgIpc) is 2.76. The summed E-state index contributed by atoms with van der Waals surface area (Å²) in [6.45, 7) is -0.635. The minimum Gasteiger partial charge on any atom is -0.497 e. The molecule has 2 aromatic carbocycles. The summed E-state index contributed by atoms with van der Waals surface area (Å²) in [5.41, 5.74) is -2.90. The molecule has 0 aromatic heterocycles. The van der Waals surface area contributed by atoms with Crippen LogP contribution < -0.4 is 9.47 Å². The van der Waals surface area contributed by atoms with Gasteiger partial charge in [-0.2, -0.15) is 9.57 Å². The van der Waals surface area contributed by atoms with Gasteiger partial charge in [0.2, 0.25) is 15.7 Å². The number of sulfonamides is 1. The molecule has 0 saturated carbocycles. The molecule has 0 radical (unpaired) electrons. The lowest BCUT2D eigenvalue weighted by atomic mass is 10.2. The number of rotatable bonds is 10. The molecule has 0 spiro atoms. The first kappa shape index (κ1) is 25.8. The Bertz CT molecular complexity index is 1150. The number of hydrogen-bond donors (Lipinski definition) is 1. The smallest absolute Gasteiger partial charge is 0.249 e. The van der Waals surface area contributed by atoms with Crippen LogP contribution in [0.5, 0.6) is 11.5 Å². The monoisotopic (exact) mass is 507 g/mol. The van der Waals surface area contributed by atoms with Gasteiger partial charge in [0, 0.05) is 30.5 Å². The van der Waals surface area contributed by atoms with Crippen LogP contribution in [0, 0.1) is 28.4 Å². The van der Waals surface area contributed by atoms with E-state index in [1.54, 1.807) is 0 Å². The van der Waals surface area contributed by atoms with Crippen molar-refractivity contribution in [3.05, 3.63) is 53.1 Å². The Morgan fingerprint density at radius 1 is 1.25 bits per heavy atom. The normalized spacial score (nSPS) is 13.3. The standard InChI is InChI=1S/C19H17ClF3N3O4S2/c1-29-13-4-3-11(16(6-13)30-2)10-26(19(23)31-18(20)9-25)32(27,28)17-5-12(8-24)14(21)7-15(17)22/h3-7,9,18-19,25H,10H2,1-2H3. The van der Waals surface area contributed by atoms with Crippen molar-refractivity contribution < 1.29 is 31.1 Å². The van der Waals surface area contributed by atoms with Crippen LogP contribution in [0.25, 0.3) is 0 Å². The van der Waals surface area contributed by atoms with Gasteiger partial charge in [-0.25, -0.2) is 21.6 Å². The second-order valence-electron chi connectivity index (χ2n) is 6.05. The number of nitrogens with zero attached hydrogens (tertiary/aromatic N) is 2. The van der Waals surface area contributed by atoms with E-state index in [2.05, 4.69) is 0 Å². The fourth-order valence-corrected chi connectivity index (χ4v) is 5.17. The Hall–Kier alpha value is -2.46. The Morgan fingerprint density at radius 2 is 1.94 bits per heavy atom. The van der Waals surface area contributed by atoms with Crippen LogP contribution in [0.1, 0.15) is 11.1 Å². The van der Waals surface area contributed by atoms with Gasteiger partial charge in [-0.05, 0) is 12.1 Å². The number of ether oxygens (including phenoxy) is 2. The van der Waals surface area contributed by atoms with Crippen molar-refractivity contribution in [2.75, 3.05) is 14.2 Å². The fourth-order valence-electron chi connectivity index (χ4n) is 2.57. The number of thioether (sulfide) groups is 1. The van der Waals surface area contributed by atoms with Gasteiger partial charge in [0.05, 0.1) is 19.8 Å². The minimum atomic E-state index is -4.95. The number of alkyl halides is 2. The molecule has 0 aliphatic carbocycles. The number of hydrogen-bond acceptors (Lipinski definition) is 7. The molecule has 0 fully saturated rings. The molecule has 32 heavy (non-hydrogen) atoms. The van der Waals surface area contributed by atoms with Gasteiger partial charge < -0.3 is 14.9 Å². The van der Waals surface area contributed by atoms with Crippen molar-refractivity contribution in [1.29, 1.82) is 10.7 Å². The molecule has 2 aromatic rings. The van der Waals surface area contributed by atoms with Crippen LogP contribution in [0.3, 0.4) is 0 Å². The molecule has 0 saturated heterocycles. The highest BCUT2D eigenvalue weighted by atomic mass is 35.5. The van der Waals surface area contributed by atoms with E-state index in [9.17, 15) is 17.2 Å². The second kappa shape index (κ2) is 10.9. The maximum atomic E-state index is 15.1. The van der Waals surface area contributed by atoms with Gasteiger partial charge in [-0.15, -0.1) is 11.6 Å². The van der Waals surface area contributed by atoms with Crippen LogP contribution in [-0.2, 0) is 16.6 Å². The zero-order valence-corrected chi connectivity index (χ0v) is 19.1. The van der Waals surface area contributed by atoms with Gasteiger partial charge in [0.1, 0.15) is 38.8 Å². The molecule has 0 bridgehead atoms. The number of nitriles is 1. The number of nitrogens with one attached hydrogen (secondary N) is 1. The van der Waals surface area contributed by atoms with E-state index >= 15 is 4.39 Å². The molecule has 1 N–H and O–H groups in total. The van der Waals surface area contributed by atoms with E-state index in [1.807, 2.05) is 0 Å². The van der Waals surface area contributed by atoms with Crippen molar-refractivity contribution in [2.24, 2.45) is 0 Å². The molecule has 0 amide bonds. The van der Waals surface area contributed by atoms with Crippen molar-refractivity contribution in [1.82, 2.24) is 4.31 Å². The maximum Gasteiger partial charge on any atom is 0.249 e. The third-order valence-electron chi connectivity index (χ3n) is 4.15. The van der Waals surface area contributed by atoms with E-state index in [1.165, 1.54) is 38.5 Å². The third kappa shape index (κ3) is 5.66. The highest BCUT2D eigenvalue weighted by Crippen LogP contribution is 2.34. The molecular formula is C19H17ClF3N3O4S2. The lowest BCUT2D eigenvalue weighted by Gasteiger charge is -2.27. The molecule has 13 heteroatoms. The van der Waals surface area contributed by atoms with Crippen molar-refractivity contribution in [2.45, 2.75) is 21.8 Å². The van der Waals surface area contributed by atoms with Crippen molar-refractivity contribution in [3.63, 3.8) is 0 Å². The minimum absolute atomic E-state index is 0.161. The lowest BCUT2D eigenvalue weighted by molar-refractivity contribution is 0.245.